The summed E-state index contributed by atoms with van der Waals surface area (Å²) in [6.45, 7) is 7.09. The minimum Gasteiger partial charge on any atom is -0.495 e. The number of rotatable bonds is 9. The Bertz CT molecular complexity index is 1030. The lowest BCUT2D eigenvalue weighted by Gasteiger charge is -2.30. The van der Waals surface area contributed by atoms with Crippen LogP contribution in [0.1, 0.15) is 38.1 Å². The molecule has 0 unspecified atom stereocenters. The van der Waals surface area contributed by atoms with Gasteiger partial charge in [-0.3, -0.25) is 9.52 Å². The van der Waals surface area contributed by atoms with Gasteiger partial charge in [-0.1, -0.05) is 18.2 Å². The van der Waals surface area contributed by atoms with Crippen molar-refractivity contribution in [1.82, 2.24) is 4.90 Å². The Hall–Kier alpha value is -3.07. The molecule has 0 atom stereocenters. The molecule has 0 saturated carbocycles. The summed E-state index contributed by atoms with van der Waals surface area (Å²) in [6, 6.07) is 11.9. The zero-order chi connectivity index (χ0) is 23.2. The largest absolute Gasteiger partial charge is 0.495 e. The minimum absolute atomic E-state index is 0.0244. The number of sulfonamides is 1. The summed E-state index contributed by atoms with van der Waals surface area (Å²) < 4.78 is 38.3. The van der Waals surface area contributed by atoms with Gasteiger partial charge in [-0.2, -0.15) is 0 Å². The Morgan fingerprint density at radius 1 is 1.00 bits per heavy atom. The predicted octanol–water partition coefficient (Wildman–Crippen LogP) is 3.30. The molecule has 2 rings (SSSR count). The molecule has 0 aliphatic rings. The first-order valence-corrected chi connectivity index (χ1v) is 11.3. The fraction of sp³-hybridized carbons (Fsp3) is 0.364. The van der Waals surface area contributed by atoms with Crippen LogP contribution in [0.15, 0.2) is 53.4 Å². The molecule has 0 bridgehead atoms. The SMILES string of the molecule is COc1ccccc1NS(=O)(=O)c1cccc(C(=O)OCC(=O)N(C(C)C)C(C)C)c1. The summed E-state index contributed by atoms with van der Waals surface area (Å²) in [6.07, 6.45) is 0. The molecule has 31 heavy (non-hydrogen) atoms. The quantitative estimate of drug-likeness (QED) is 0.591. The number of benzene rings is 2. The molecule has 9 heteroatoms. The Balaban J connectivity index is 2.15. The zero-order valence-corrected chi connectivity index (χ0v) is 19.1. The van der Waals surface area contributed by atoms with Gasteiger partial charge in [0.15, 0.2) is 6.61 Å². The summed E-state index contributed by atoms with van der Waals surface area (Å²) >= 11 is 0. The van der Waals surface area contributed by atoms with Crippen LogP contribution in [0.5, 0.6) is 5.75 Å². The van der Waals surface area contributed by atoms with Crippen molar-refractivity contribution in [1.29, 1.82) is 0 Å². The number of anilines is 1. The molecular weight excluding hydrogens is 420 g/mol. The molecule has 0 aromatic heterocycles. The fourth-order valence-corrected chi connectivity index (χ4v) is 4.30. The van der Waals surface area contributed by atoms with Crippen LogP contribution < -0.4 is 9.46 Å². The topological polar surface area (TPSA) is 102 Å². The molecule has 0 saturated heterocycles. The van der Waals surface area contributed by atoms with Gasteiger partial charge in [-0.05, 0) is 58.0 Å². The standard InChI is InChI=1S/C22H28N2O6S/c1-15(2)24(16(3)4)21(25)14-30-22(26)17-9-8-10-18(13-17)31(27,28)23-19-11-6-7-12-20(19)29-5/h6-13,15-16,23H,14H2,1-5H3. The Kier molecular flexibility index (Phi) is 8.04. The van der Waals surface area contributed by atoms with E-state index in [1.54, 1.807) is 29.2 Å². The average Bonchev–Trinajstić information content (AvgIpc) is 2.71. The summed E-state index contributed by atoms with van der Waals surface area (Å²) in [4.78, 5) is 26.3. The number of para-hydroxylation sites is 2. The second kappa shape index (κ2) is 10.3. The lowest BCUT2D eigenvalue weighted by atomic mass is 10.2. The second-order valence-electron chi connectivity index (χ2n) is 7.40. The van der Waals surface area contributed by atoms with Crippen LogP contribution in [-0.4, -0.2) is 51.0 Å². The van der Waals surface area contributed by atoms with Crippen molar-refractivity contribution in [2.75, 3.05) is 18.4 Å². The predicted molar refractivity (Wildman–Crippen MR) is 118 cm³/mol. The summed E-state index contributed by atoms with van der Waals surface area (Å²) in [5, 5.41) is 0. The average molecular weight is 449 g/mol. The lowest BCUT2D eigenvalue weighted by molar-refractivity contribution is -0.138. The maximum absolute atomic E-state index is 12.8. The van der Waals surface area contributed by atoms with Crippen molar-refractivity contribution >= 4 is 27.6 Å². The number of ether oxygens (including phenoxy) is 2. The molecule has 1 N–H and O–H groups in total. The number of carbonyl (C=O) groups excluding carboxylic acids is 2. The van der Waals surface area contributed by atoms with E-state index in [1.807, 2.05) is 27.7 Å². The highest BCUT2D eigenvalue weighted by Gasteiger charge is 2.23. The third-order valence-electron chi connectivity index (χ3n) is 4.46. The van der Waals surface area contributed by atoms with Crippen LogP contribution in [0.25, 0.3) is 0 Å². The van der Waals surface area contributed by atoms with Gasteiger partial charge in [-0.25, -0.2) is 13.2 Å². The Morgan fingerprint density at radius 2 is 1.65 bits per heavy atom. The fourth-order valence-electron chi connectivity index (χ4n) is 3.18. The maximum Gasteiger partial charge on any atom is 0.338 e. The second-order valence-corrected chi connectivity index (χ2v) is 9.08. The zero-order valence-electron chi connectivity index (χ0n) is 18.3. The van der Waals surface area contributed by atoms with Gasteiger partial charge in [0.05, 0.1) is 23.3 Å². The number of amides is 1. The summed E-state index contributed by atoms with van der Waals surface area (Å²) in [5.41, 5.74) is 0.294. The highest BCUT2D eigenvalue weighted by atomic mass is 32.2. The molecule has 0 spiro atoms. The molecule has 2 aromatic rings. The number of hydrogen-bond donors (Lipinski definition) is 1. The Labute approximate surface area is 183 Å². The van der Waals surface area contributed by atoms with Crippen LogP contribution >= 0.6 is 0 Å². The van der Waals surface area contributed by atoms with Gasteiger partial charge in [-0.15, -0.1) is 0 Å². The van der Waals surface area contributed by atoms with Crippen LogP contribution in [0.4, 0.5) is 5.69 Å². The van der Waals surface area contributed by atoms with Crippen molar-refractivity contribution in [3.8, 4) is 5.75 Å². The van der Waals surface area contributed by atoms with Gasteiger partial charge in [0.25, 0.3) is 15.9 Å². The molecule has 0 fully saturated rings. The van der Waals surface area contributed by atoms with Gasteiger partial charge in [0, 0.05) is 12.1 Å². The van der Waals surface area contributed by atoms with E-state index in [4.69, 9.17) is 9.47 Å². The van der Waals surface area contributed by atoms with E-state index in [2.05, 4.69) is 4.72 Å². The van der Waals surface area contributed by atoms with Gasteiger partial charge in [0.1, 0.15) is 5.75 Å². The lowest BCUT2D eigenvalue weighted by Crippen LogP contribution is -2.44. The van der Waals surface area contributed by atoms with Crippen LogP contribution in [-0.2, 0) is 19.6 Å². The first-order valence-electron chi connectivity index (χ1n) is 9.81. The van der Waals surface area contributed by atoms with E-state index < -0.39 is 22.6 Å². The highest BCUT2D eigenvalue weighted by molar-refractivity contribution is 7.92. The first kappa shape index (κ1) is 24.2. The number of nitrogens with one attached hydrogen (secondary N) is 1. The Morgan fingerprint density at radius 3 is 2.26 bits per heavy atom. The third kappa shape index (κ3) is 6.21. The van der Waals surface area contributed by atoms with Gasteiger partial charge < -0.3 is 14.4 Å². The molecule has 0 radical (unpaired) electrons. The number of nitrogens with zero attached hydrogens (tertiary/aromatic N) is 1. The smallest absolute Gasteiger partial charge is 0.338 e. The number of methoxy groups -OCH3 is 1. The van der Waals surface area contributed by atoms with Crippen LogP contribution in [0, 0.1) is 0 Å². The maximum atomic E-state index is 12.8. The first-order chi connectivity index (χ1) is 14.6. The molecule has 2 aromatic carbocycles. The van der Waals surface area contributed by atoms with E-state index in [-0.39, 0.29) is 34.1 Å². The van der Waals surface area contributed by atoms with Crippen LogP contribution in [0.3, 0.4) is 0 Å². The van der Waals surface area contributed by atoms with E-state index in [0.717, 1.165) is 0 Å². The van der Waals surface area contributed by atoms with Crippen molar-refractivity contribution in [2.24, 2.45) is 0 Å². The van der Waals surface area contributed by atoms with E-state index in [0.29, 0.717) is 5.75 Å². The molecule has 8 nitrogen and oxygen atoms in total. The molecule has 0 aliphatic carbocycles. The number of esters is 1. The monoisotopic (exact) mass is 448 g/mol. The molecular formula is C22H28N2O6S. The van der Waals surface area contributed by atoms with E-state index in [9.17, 15) is 18.0 Å². The van der Waals surface area contributed by atoms with Crippen molar-refractivity contribution < 1.29 is 27.5 Å². The summed E-state index contributed by atoms with van der Waals surface area (Å²) in [5.74, 6) is -0.741. The molecule has 0 heterocycles. The molecule has 0 aliphatic heterocycles. The highest BCUT2D eigenvalue weighted by Crippen LogP contribution is 2.26. The van der Waals surface area contributed by atoms with Crippen LogP contribution in [0.2, 0.25) is 0 Å². The van der Waals surface area contributed by atoms with Crippen molar-refractivity contribution in [3.05, 3.63) is 54.1 Å². The minimum atomic E-state index is -3.98. The number of hydrogen-bond acceptors (Lipinski definition) is 6. The van der Waals surface area contributed by atoms with Crippen molar-refractivity contribution in [2.45, 2.75) is 44.7 Å². The summed E-state index contributed by atoms with van der Waals surface area (Å²) in [7, 11) is -2.55. The van der Waals surface area contributed by atoms with E-state index in [1.165, 1.54) is 31.4 Å². The number of carbonyl (C=O) groups is 2. The van der Waals surface area contributed by atoms with Crippen molar-refractivity contribution in [3.63, 3.8) is 0 Å². The van der Waals surface area contributed by atoms with E-state index >= 15 is 0 Å². The third-order valence-corrected chi connectivity index (χ3v) is 5.82. The van der Waals surface area contributed by atoms with Gasteiger partial charge in [0.2, 0.25) is 0 Å². The van der Waals surface area contributed by atoms with Gasteiger partial charge >= 0.3 is 5.97 Å². The molecule has 1 amide bonds. The normalized spacial score (nSPS) is 11.3. The molecule has 168 valence electrons.